The molecule has 0 aromatic heterocycles. The van der Waals surface area contributed by atoms with E-state index in [-0.39, 0.29) is 23.3 Å². The summed E-state index contributed by atoms with van der Waals surface area (Å²) in [6.07, 6.45) is 1.52. The molecular weight excluding hydrogens is 268 g/mol. The number of rotatable bonds is 8. The Labute approximate surface area is 118 Å². The van der Waals surface area contributed by atoms with Gasteiger partial charge in [-0.25, -0.2) is 0 Å². The van der Waals surface area contributed by atoms with Gasteiger partial charge >= 0.3 is 5.97 Å². The van der Waals surface area contributed by atoms with Gasteiger partial charge in [0.25, 0.3) is 0 Å². The maximum atomic E-state index is 12.4. The number of hydrogen-bond donors (Lipinski definition) is 1. The second-order valence-electron chi connectivity index (χ2n) is 4.56. The number of esters is 1. The number of nitrogens with two attached hydrogens (primary N) is 1. The molecule has 0 radical (unpaired) electrons. The zero-order valence-electron chi connectivity index (χ0n) is 11.3. The Morgan fingerprint density at radius 1 is 1.32 bits per heavy atom. The number of methoxy groups -OCH3 is 2. The Hall–Kier alpha value is -1.21. The van der Waals surface area contributed by atoms with Crippen molar-refractivity contribution < 1.29 is 19.1 Å². The van der Waals surface area contributed by atoms with Crippen LogP contribution in [0.15, 0.2) is 0 Å². The molecule has 1 fully saturated rings. The zero-order valence-corrected chi connectivity index (χ0v) is 12.1. The monoisotopic (exact) mass is 288 g/mol. The Bertz CT molecular complexity index is 369. The number of nitrogens with zero attached hydrogens (tertiary/aromatic N) is 1. The van der Waals surface area contributed by atoms with E-state index in [1.807, 2.05) is 0 Å². The van der Waals surface area contributed by atoms with Crippen LogP contribution in [0.25, 0.3) is 0 Å². The number of carbonyl (C=O) groups excluding carboxylic acids is 2. The lowest BCUT2D eigenvalue weighted by molar-refractivity contribution is -0.142. The number of carbonyl (C=O) groups is 2. The Kier molecular flexibility index (Phi) is 5.68. The molecule has 0 aromatic carbocycles. The van der Waals surface area contributed by atoms with Crippen LogP contribution in [0.2, 0.25) is 0 Å². The third-order valence-electron chi connectivity index (χ3n) is 3.30. The van der Waals surface area contributed by atoms with Crippen molar-refractivity contribution in [2.24, 2.45) is 11.1 Å². The molecule has 7 heteroatoms. The molecule has 0 aliphatic heterocycles. The number of amides is 1. The highest BCUT2D eigenvalue weighted by Gasteiger charge is 2.54. The minimum atomic E-state index is -0.695. The highest BCUT2D eigenvalue weighted by atomic mass is 32.1. The van der Waals surface area contributed by atoms with Crippen LogP contribution in [0, 0.1) is 5.41 Å². The normalized spacial score (nSPS) is 15.7. The van der Waals surface area contributed by atoms with E-state index in [0.29, 0.717) is 32.5 Å². The van der Waals surface area contributed by atoms with Gasteiger partial charge in [0.15, 0.2) is 0 Å². The molecule has 0 saturated heterocycles. The lowest BCUT2D eigenvalue weighted by Crippen LogP contribution is -2.45. The number of hydrogen-bond acceptors (Lipinski definition) is 5. The smallest absolute Gasteiger partial charge is 0.307 e. The predicted molar refractivity (Wildman–Crippen MR) is 73.5 cm³/mol. The van der Waals surface area contributed by atoms with Crippen molar-refractivity contribution in [1.29, 1.82) is 0 Å². The molecule has 1 aliphatic carbocycles. The summed E-state index contributed by atoms with van der Waals surface area (Å²) in [6, 6.07) is 0. The van der Waals surface area contributed by atoms with E-state index in [0.717, 1.165) is 0 Å². The summed E-state index contributed by atoms with van der Waals surface area (Å²) in [7, 11) is 2.88. The average molecular weight is 288 g/mol. The van der Waals surface area contributed by atoms with Crippen LogP contribution >= 0.6 is 12.2 Å². The van der Waals surface area contributed by atoms with Crippen LogP contribution in [-0.4, -0.2) is 55.7 Å². The van der Waals surface area contributed by atoms with Crippen molar-refractivity contribution in [2.75, 3.05) is 33.9 Å². The first-order valence-electron chi connectivity index (χ1n) is 6.13. The fourth-order valence-electron chi connectivity index (χ4n) is 1.84. The van der Waals surface area contributed by atoms with Crippen LogP contribution in [0.1, 0.15) is 19.3 Å². The molecule has 0 unspecified atom stereocenters. The molecular formula is C12H20N2O4S. The van der Waals surface area contributed by atoms with Crippen LogP contribution in [-0.2, 0) is 19.1 Å². The molecule has 1 saturated carbocycles. The molecule has 2 N–H and O–H groups in total. The van der Waals surface area contributed by atoms with E-state index in [1.165, 1.54) is 7.11 Å². The molecule has 19 heavy (non-hydrogen) atoms. The van der Waals surface area contributed by atoms with Gasteiger partial charge in [-0.1, -0.05) is 12.2 Å². The quantitative estimate of drug-likeness (QED) is 0.503. The number of thiocarbonyl (C=S) groups is 1. The molecule has 0 spiro atoms. The summed E-state index contributed by atoms with van der Waals surface area (Å²) >= 11 is 4.97. The second-order valence-corrected chi connectivity index (χ2v) is 5.00. The Morgan fingerprint density at radius 3 is 2.37 bits per heavy atom. The zero-order chi connectivity index (χ0) is 14.5. The Morgan fingerprint density at radius 2 is 1.95 bits per heavy atom. The first kappa shape index (κ1) is 15.8. The van der Waals surface area contributed by atoms with Gasteiger partial charge in [0.2, 0.25) is 5.91 Å². The summed E-state index contributed by atoms with van der Waals surface area (Å²) < 4.78 is 9.55. The first-order chi connectivity index (χ1) is 8.97. The summed E-state index contributed by atoms with van der Waals surface area (Å²) in [4.78, 5) is 25.4. The molecule has 1 aliphatic rings. The SMILES string of the molecule is COCCN(CCC(=O)OC)C(=O)C1(C(N)=S)CC1. The fourth-order valence-corrected chi connectivity index (χ4v) is 2.13. The molecule has 108 valence electrons. The third-order valence-corrected chi connectivity index (χ3v) is 3.69. The van der Waals surface area contributed by atoms with E-state index in [2.05, 4.69) is 4.74 Å². The van der Waals surface area contributed by atoms with Gasteiger partial charge in [0.05, 0.1) is 30.5 Å². The predicted octanol–water partition coefficient (Wildman–Crippen LogP) is 0.0908. The first-order valence-corrected chi connectivity index (χ1v) is 6.54. The Balaban J connectivity index is 2.65. The lowest BCUT2D eigenvalue weighted by atomic mass is 10.1. The molecule has 0 heterocycles. The van der Waals surface area contributed by atoms with Crippen molar-refractivity contribution >= 4 is 29.1 Å². The van der Waals surface area contributed by atoms with E-state index in [9.17, 15) is 9.59 Å². The van der Waals surface area contributed by atoms with Crippen LogP contribution < -0.4 is 5.73 Å². The van der Waals surface area contributed by atoms with Crippen LogP contribution in [0.5, 0.6) is 0 Å². The summed E-state index contributed by atoms with van der Waals surface area (Å²) in [5.74, 6) is -0.462. The number of ether oxygens (including phenoxy) is 2. The molecule has 1 amide bonds. The van der Waals surface area contributed by atoms with Crippen molar-refractivity contribution in [2.45, 2.75) is 19.3 Å². The molecule has 0 atom stereocenters. The molecule has 0 aromatic rings. The summed E-state index contributed by atoms with van der Waals surface area (Å²) in [5, 5.41) is 0. The van der Waals surface area contributed by atoms with Crippen molar-refractivity contribution in [3.63, 3.8) is 0 Å². The van der Waals surface area contributed by atoms with Crippen molar-refractivity contribution in [1.82, 2.24) is 4.90 Å². The van der Waals surface area contributed by atoms with Crippen LogP contribution in [0.3, 0.4) is 0 Å². The maximum Gasteiger partial charge on any atom is 0.307 e. The van der Waals surface area contributed by atoms with Gasteiger partial charge in [-0.15, -0.1) is 0 Å². The van der Waals surface area contributed by atoms with E-state index in [4.69, 9.17) is 22.7 Å². The van der Waals surface area contributed by atoms with Crippen LogP contribution in [0.4, 0.5) is 0 Å². The fraction of sp³-hybridized carbons (Fsp3) is 0.750. The average Bonchev–Trinajstić information content (AvgIpc) is 3.19. The maximum absolute atomic E-state index is 12.4. The molecule has 1 rings (SSSR count). The minimum Gasteiger partial charge on any atom is -0.469 e. The highest BCUT2D eigenvalue weighted by Crippen LogP contribution is 2.47. The van der Waals surface area contributed by atoms with Crippen molar-refractivity contribution in [3.8, 4) is 0 Å². The van der Waals surface area contributed by atoms with Crippen molar-refractivity contribution in [3.05, 3.63) is 0 Å². The second kappa shape index (κ2) is 6.81. The summed E-state index contributed by atoms with van der Waals surface area (Å²) in [5.41, 5.74) is 4.95. The van der Waals surface area contributed by atoms with Gasteiger partial charge in [-0.2, -0.15) is 0 Å². The van der Waals surface area contributed by atoms with E-state index in [1.54, 1.807) is 12.0 Å². The highest BCUT2D eigenvalue weighted by molar-refractivity contribution is 7.80. The van der Waals surface area contributed by atoms with Gasteiger partial charge in [-0.3, -0.25) is 9.59 Å². The van der Waals surface area contributed by atoms with E-state index < -0.39 is 5.41 Å². The van der Waals surface area contributed by atoms with Gasteiger partial charge in [0, 0.05) is 20.2 Å². The third kappa shape index (κ3) is 3.87. The standard InChI is InChI=1S/C12H20N2O4S/c1-17-8-7-14(6-3-9(15)18-2)11(16)12(4-5-12)10(13)19/h3-8H2,1-2H3,(H2,13,19). The largest absolute Gasteiger partial charge is 0.469 e. The van der Waals surface area contributed by atoms with Gasteiger partial charge in [0.1, 0.15) is 0 Å². The minimum absolute atomic E-state index is 0.110. The summed E-state index contributed by atoms with van der Waals surface area (Å²) in [6.45, 7) is 1.11. The lowest BCUT2D eigenvalue weighted by Gasteiger charge is -2.26. The van der Waals surface area contributed by atoms with E-state index >= 15 is 0 Å². The van der Waals surface area contributed by atoms with Gasteiger partial charge in [-0.05, 0) is 12.8 Å². The molecule has 0 bridgehead atoms. The molecule has 6 nitrogen and oxygen atoms in total. The topological polar surface area (TPSA) is 81.9 Å². The van der Waals surface area contributed by atoms with Gasteiger partial charge < -0.3 is 20.1 Å².